The van der Waals surface area contributed by atoms with Crippen molar-refractivity contribution in [2.75, 3.05) is 69.2 Å². The summed E-state index contributed by atoms with van der Waals surface area (Å²) in [4.78, 5) is 5.03. The zero-order chi connectivity index (χ0) is 17.5. The van der Waals surface area contributed by atoms with Gasteiger partial charge in [0.25, 0.3) is 0 Å². The lowest BCUT2D eigenvalue weighted by molar-refractivity contribution is 0.317. The molecule has 0 spiro atoms. The van der Waals surface area contributed by atoms with Crippen LogP contribution in [0.4, 0.5) is 11.4 Å². The predicted octanol–water partition coefficient (Wildman–Crippen LogP) is 2.70. The lowest BCUT2D eigenvalue weighted by Gasteiger charge is -2.32. The summed E-state index contributed by atoms with van der Waals surface area (Å²) in [6.07, 6.45) is 3.74. The average molecular weight is 347 g/mol. The number of nitrogens with one attached hydrogen (secondary N) is 2. The molecule has 5 heteroatoms. The maximum atomic E-state index is 5.97. The second-order valence-corrected chi connectivity index (χ2v) is 7.18. The molecule has 1 aromatic rings. The molecule has 0 radical (unpaired) electrons. The van der Waals surface area contributed by atoms with Gasteiger partial charge in [0.2, 0.25) is 0 Å². The summed E-state index contributed by atoms with van der Waals surface area (Å²) in [7, 11) is 0. The third-order valence-corrected chi connectivity index (χ3v) is 5.23. The van der Waals surface area contributed by atoms with E-state index in [-0.39, 0.29) is 0 Å². The molecule has 2 saturated heterocycles. The number of likely N-dealkylation sites (tertiary alicyclic amines) is 1. The van der Waals surface area contributed by atoms with E-state index in [1.807, 2.05) is 0 Å². The monoisotopic (exact) mass is 346 g/mol. The van der Waals surface area contributed by atoms with Crippen LogP contribution in [0.3, 0.4) is 0 Å². The van der Waals surface area contributed by atoms with Gasteiger partial charge < -0.3 is 25.2 Å². The normalized spacial score (nSPS) is 18.6. The molecule has 140 valence electrons. The molecular formula is C20H34N4O. The molecule has 0 aliphatic carbocycles. The quantitative estimate of drug-likeness (QED) is 0.757. The molecule has 0 aromatic heterocycles. The van der Waals surface area contributed by atoms with Crippen molar-refractivity contribution in [3.05, 3.63) is 17.7 Å². The minimum atomic E-state index is 0.775. The summed E-state index contributed by atoms with van der Waals surface area (Å²) in [5.74, 6) is 0.990. The van der Waals surface area contributed by atoms with Gasteiger partial charge in [0.1, 0.15) is 5.75 Å². The van der Waals surface area contributed by atoms with Crippen LogP contribution < -0.4 is 20.3 Å². The van der Waals surface area contributed by atoms with E-state index in [2.05, 4.69) is 46.4 Å². The Morgan fingerprint density at radius 3 is 2.60 bits per heavy atom. The molecule has 2 fully saturated rings. The molecule has 1 aromatic carbocycles. The third-order valence-electron chi connectivity index (χ3n) is 5.23. The summed E-state index contributed by atoms with van der Waals surface area (Å²) in [5, 5.41) is 7.11. The molecule has 0 unspecified atom stereocenters. The number of hydrogen-bond acceptors (Lipinski definition) is 5. The van der Waals surface area contributed by atoms with Crippen molar-refractivity contribution >= 4 is 11.4 Å². The minimum absolute atomic E-state index is 0.775. The topological polar surface area (TPSA) is 39.8 Å². The fourth-order valence-corrected chi connectivity index (χ4v) is 3.75. The van der Waals surface area contributed by atoms with Crippen molar-refractivity contribution in [3.8, 4) is 5.75 Å². The van der Waals surface area contributed by atoms with Crippen molar-refractivity contribution in [1.82, 2.24) is 10.2 Å². The Hall–Kier alpha value is -1.46. The SMILES string of the molecule is CCCOc1cc(NCCN2CCCC2)c(C)c(N2CCNCC2)c1. The number of ether oxygens (including phenoxy) is 1. The Morgan fingerprint density at radius 1 is 1.12 bits per heavy atom. The Morgan fingerprint density at radius 2 is 1.88 bits per heavy atom. The number of benzene rings is 1. The number of nitrogens with zero attached hydrogens (tertiary/aromatic N) is 2. The maximum absolute atomic E-state index is 5.97. The summed E-state index contributed by atoms with van der Waals surface area (Å²) >= 11 is 0. The van der Waals surface area contributed by atoms with Crippen LogP contribution in [0.2, 0.25) is 0 Å². The lowest BCUT2D eigenvalue weighted by atomic mass is 10.1. The molecule has 25 heavy (non-hydrogen) atoms. The van der Waals surface area contributed by atoms with Crippen molar-refractivity contribution < 1.29 is 4.74 Å². The van der Waals surface area contributed by atoms with Gasteiger partial charge in [0, 0.05) is 62.8 Å². The van der Waals surface area contributed by atoms with Crippen LogP contribution in [-0.2, 0) is 0 Å². The van der Waals surface area contributed by atoms with E-state index in [1.54, 1.807) is 0 Å². The predicted molar refractivity (Wildman–Crippen MR) is 106 cm³/mol. The van der Waals surface area contributed by atoms with Crippen molar-refractivity contribution in [1.29, 1.82) is 0 Å². The van der Waals surface area contributed by atoms with Gasteiger partial charge >= 0.3 is 0 Å². The van der Waals surface area contributed by atoms with E-state index >= 15 is 0 Å². The Balaban J connectivity index is 1.71. The van der Waals surface area contributed by atoms with Crippen LogP contribution in [0, 0.1) is 6.92 Å². The van der Waals surface area contributed by atoms with Crippen LogP contribution in [0.5, 0.6) is 5.75 Å². The first-order valence-electron chi connectivity index (χ1n) is 9.97. The summed E-state index contributed by atoms with van der Waals surface area (Å²) in [5.41, 5.74) is 3.88. The first-order chi connectivity index (χ1) is 12.3. The van der Waals surface area contributed by atoms with Crippen molar-refractivity contribution in [2.45, 2.75) is 33.1 Å². The molecule has 0 atom stereocenters. The van der Waals surface area contributed by atoms with Crippen LogP contribution in [0.15, 0.2) is 12.1 Å². The van der Waals surface area contributed by atoms with Crippen LogP contribution in [-0.4, -0.2) is 63.9 Å². The summed E-state index contributed by atoms with van der Waals surface area (Å²) in [6, 6.07) is 4.41. The molecule has 2 N–H and O–H groups in total. The van der Waals surface area contributed by atoms with E-state index in [0.717, 1.165) is 58.0 Å². The van der Waals surface area contributed by atoms with Gasteiger partial charge in [-0.1, -0.05) is 6.92 Å². The fourth-order valence-electron chi connectivity index (χ4n) is 3.75. The van der Waals surface area contributed by atoms with Gasteiger partial charge in [0.05, 0.1) is 6.61 Å². The van der Waals surface area contributed by atoms with E-state index in [9.17, 15) is 0 Å². The Kier molecular flexibility index (Phi) is 6.82. The fraction of sp³-hybridized carbons (Fsp3) is 0.700. The molecule has 2 aliphatic rings. The maximum Gasteiger partial charge on any atom is 0.123 e. The molecule has 3 rings (SSSR count). The molecule has 5 nitrogen and oxygen atoms in total. The van der Waals surface area contributed by atoms with Gasteiger partial charge in [-0.3, -0.25) is 0 Å². The Labute approximate surface area is 152 Å². The lowest BCUT2D eigenvalue weighted by Crippen LogP contribution is -2.43. The number of piperazine rings is 1. The number of rotatable bonds is 8. The molecular weight excluding hydrogens is 312 g/mol. The van der Waals surface area contributed by atoms with E-state index in [1.165, 1.54) is 42.9 Å². The van der Waals surface area contributed by atoms with E-state index < -0.39 is 0 Å². The average Bonchev–Trinajstić information content (AvgIpc) is 3.16. The van der Waals surface area contributed by atoms with Crippen LogP contribution in [0.25, 0.3) is 0 Å². The number of hydrogen-bond donors (Lipinski definition) is 2. The van der Waals surface area contributed by atoms with Gasteiger partial charge in [-0.2, -0.15) is 0 Å². The first kappa shape index (κ1) is 18.3. The zero-order valence-corrected chi connectivity index (χ0v) is 15.9. The summed E-state index contributed by atoms with van der Waals surface area (Å²) in [6.45, 7) is 14.0. The highest BCUT2D eigenvalue weighted by molar-refractivity contribution is 5.69. The largest absolute Gasteiger partial charge is 0.493 e. The molecule has 0 amide bonds. The molecule has 0 saturated carbocycles. The second kappa shape index (κ2) is 9.30. The molecule has 0 bridgehead atoms. The Bertz CT molecular complexity index is 537. The zero-order valence-electron chi connectivity index (χ0n) is 15.9. The van der Waals surface area contributed by atoms with Gasteiger partial charge in [-0.15, -0.1) is 0 Å². The van der Waals surface area contributed by atoms with Gasteiger partial charge in [0.15, 0.2) is 0 Å². The molecule has 2 aliphatic heterocycles. The van der Waals surface area contributed by atoms with Crippen LogP contribution in [0.1, 0.15) is 31.7 Å². The smallest absolute Gasteiger partial charge is 0.123 e. The van der Waals surface area contributed by atoms with Crippen LogP contribution >= 0.6 is 0 Å². The minimum Gasteiger partial charge on any atom is -0.493 e. The highest BCUT2D eigenvalue weighted by atomic mass is 16.5. The van der Waals surface area contributed by atoms with Crippen molar-refractivity contribution in [3.63, 3.8) is 0 Å². The highest BCUT2D eigenvalue weighted by Crippen LogP contribution is 2.33. The third kappa shape index (κ3) is 5.02. The second-order valence-electron chi connectivity index (χ2n) is 7.18. The summed E-state index contributed by atoms with van der Waals surface area (Å²) < 4.78 is 5.97. The molecule has 2 heterocycles. The standard InChI is InChI=1S/C20H34N4O/c1-3-14-25-18-15-19(22-8-11-23-9-4-5-10-23)17(2)20(16-18)24-12-6-21-7-13-24/h15-16,21-22H,3-14H2,1-2H3. The number of anilines is 2. The van der Waals surface area contributed by atoms with E-state index in [4.69, 9.17) is 4.74 Å². The first-order valence-corrected chi connectivity index (χ1v) is 9.97. The van der Waals surface area contributed by atoms with Gasteiger partial charge in [-0.25, -0.2) is 0 Å². The highest BCUT2D eigenvalue weighted by Gasteiger charge is 2.17. The van der Waals surface area contributed by atoms with Gasteiger partial charge in [-0.05, 0) is 44.8 Å². The van der Waals surface area contributed by atoms with E-state index in [0.29, 0.717) is 0 Å². The van der Waals surface area contributed by atoms with Crippen molar-refractivity contribution in [2.24, 2.45) is 0 Å².